The van der Waals surface area contributed by atoms with Crippen LogP contribution in [0.3, 0.4) is 0 Å². The van der Waals surface area contributed by atoms with Gasteiger partial charge in [0, 0.05) is 17.1 Å². The van der Waals surface area contributed by atoms with E-state index < -0.39 is 5.60 Å². The van der Waals surface area contributed by atoms with E-state index in [1.54, 1.807) is 4.68 Å². The number of ether oxygens (including phenoxy) is 1. The molecule has 2 aliphatic rings. The number of aromatic nitrogens is 3. The van der Waals surface area contributed by atoms with Gasteiger partial charge in [-0.1, -0.05) is 41.1 Å². The second-order valence-electron chi connectivity index (χ2n) is 6.72. The van der Waals surface area contributed by atoms with Gasteiger partial charge in [-0.05, 0) is 24.6 Å². The molecule has 1 aromatic heterocycles. The topological polar surface area (TPSA) is 75.0 Å². The standard InChI is InChI=1S/C20H19N4O2/c21-17-13-26-16-10-5-4-9-15(16)20(17,25)19-23-12-6-11-18(23)22-24(19)14-7-2-1-3-8-14/h1-5,7-10,21,25H,6,11-13H2/q+1. The van der Waals surface area contributed by atoms with E-state index in [0.29, 0.717) is 17.1 Å². The van der Waals surface area contributed by atoms with Gasteiger partial charge in [0.1, 0.15) is 18.0 Å². The molecule has 0 bridgehead atoms. The molecule has 0 spiro atoms. The lowest BCUT2D eigenvalue weighted by molar-refractivity contribution is -0.703. The molecule has 1 unspecified atom stereocenters. The van der Waals surface area contributed by atoms with Gasteiger partial charge in [-0.15, -0.1) is 0 Å². The molecule has 0 saturated heterocycles. The van der Waals surface area contributed by atoms with Crippen LogP contribution in [-0.4, -0.2) is 27.2 Å². The van der Waals surface area contributed by atoms with Gasteiger partial charge in [-0.3, -0.25) is 0 Å². The van der Waals surface area contributed by atoms with Crippen molar-refractivity contribution in [3.05, 3.63) is 71.8 Å². The average Bonchev–Trinajstić information content (AvgIpc) is 3.27. The van der Waals surface area contributed by atoms with Crippen LogP contribution in [0.1, 0.15) is 23.6 Å². The Bertz CT molecular complexity index is 1010. The Morgan fingerprint density at radius 1 is 1.12 bits per heavy atom. The summed E-state index contributed by atoms with van der Waals surface area (Å²) in [5.74, 6) is 2.16. The molecule has 0 amide bonds. The molecule has 3 aromatic rings. The van der Waals surface area contributed by atoms with Crippen LogP contribution in [0.4, 0.5) is 0 Å². The van der Waals surface area contributed by atoms with Crippen LogP contribution in [0, 0.1) is 5.41 Å². The zero-order valence-electron chi connectivity index (χ0n) is 14.2. The first-order chi connectivity index (χ1) is 12.7. The van der Waals surface area contributed by atoms with Crippen molar-refractivity contribution < 1.29 is 14.4 Å². The molecule has 5 rings (SSSR count). The van der Waals surface area contributed by atoms with Crippen molar-refractivity contribution >= 4 is 5.71 Å². The maximum absolute atomic E-state index is 11.9. The fraction of sp³-hybridized carbons (Fsp3) is 0.250. The van der Waals surface area contributed by atoms with Crippen LogP contribution in [0.5, 0.6) is 5.75 Å². The Morgan fingerprint density at radius 2 is 1.88 bits per heavy atom. The molecule has 2 N–H and O–H groups in total. The molecule has 0 radical (unpaired) electrons. The Morgan fingerprint density at radius 3 is 2.73 bits per heavy atom. The Labute approximate surface area is 150 Å². The second-order valence-corrected chi connectivity index (χ2v) is 6.72. The molecule has 3 heterocycles. The number of nitrogens with one attached hydrogen (secondary N) is 1. The highest BCUT2D eigenvalue weighted by Crippen LogP contribution is 2.39. The van der Waals surface area contributed by atoms with Crippen molar-refractivity contribution in [2.45, 2.75) is 25.0 Å². The highest BCUT2D eigenvalue weighted by atomic mass is 16.5. The van der Waals surface area contributed by atoms with E-state index in [4.69, 9.17) is 15.2 Å². The van der Waals surface area contributed by atoms with Crippen LogP contribution >= 0.6 is 0 Å². The first-order valence-corrected chi connectivity index (χ1v) is 8.80. The van der Waals surface area contributed by atoms with Gasteiger partial charge >= 0.3 is 0 Å². The van der Waals surface area contributed by atoms with Crippen LogP contribution in [0.25, 0.3) is 5.69 Å². The van der Waals surface area contributed by atoms with Crippen LogP contribution in [0.2, 0.25) is 0 Å². The second kappa shape index (κ2) is 5.51. The van der Waals surface area contributed by atoms with Gasteiger partial charge in [0.05, 0.1) is 12.3 Å². The van der Waals surface area contributed by atoms with E-state index in [1.807, 2.05) is 54.6 Å². The smallest absolute Gasteiger partial charge is 0.285 e. The summed E-state index contributed by atoms with van der Waals surface area (Å²) in [7, 11) is 0. The van der Waals surface area contributed by atoms with Crippen LogP contribution < -0.4 is 9.30 Å². The zero-order valence-corrected chi connectivity index (χ0v) is 14.2. The summed E-state index contributed by atoms with van der Waals surface area (Å²) in [6, 6.07) is 17.2. The number of aliphatic hydroxyl groups is 1. The molecular formula is C20H19N4O2+. The monoisotopic (exact) mass is 347 g/mol. The average molecular weight is 347 g/mol. The third kappa shape index (κ3) is 1.99. The Hall–Kier alpha value is -2.99. The van der Waals surface area contributed by atoms with Crippen molar-refractivity contribution in [1.29, 1.82) is 5.41 Å². The van der Waals surface area contributed by atoms with E-state index in [1.165, 1.54) is 0 Å². The van der Waals surface area contributed by atoms with Gasteiger partial charge in [0.25, 0.3) is 11.6 Å². The molecule has 2 aliphatic heterocycles. The van der Waals surface area contributed by atoms with Crippen molar-refractivity contribution in [3.63, 3.8) is 0 Å². The summed E-state index contributed by atoms with van der Waals surface area (Å²) in [5, 5.41) is 25.2. The number of fused-ring (bicyclic) bond motifs is 2. The van der Waals surface area contributed by atoms with E-state index in [0.717, 1.165) is 30.9 Å². The largest absolute Gasteiger partial charge is 0.487 e. The number of hydrogen-bond acceptors (Lipinski definition) is 4. The fourth-order valence-electron chi connectivity index (χ4n) is 3.93. The molecular weight excluding hydrogens is 328 g/mol. The zero-order chi connectivity index (χ0) is 17.7. The van der Waals surface area contributed by atoms with E-state index >= 15 is 0 Å². The van der Waals surface area contributed by atoms with E-state index in [9.17, 15) is 5.11 Å². The predicted octanol–water partition coefficient (Wildman–Crippen LogP) is 1.75. The molecule has 0 aliphatic carbocycles. The third-order valence-corrected chi connectivity index (χ3v) is 5.18. The Kier molecular flexibility index (Phi) is 3.24. The Balaban J connectivity index is 1.82. The number of benzene rings is 2. The van der Waals surface area contributed by atoms with Crippen LogP contribution in [0.15, 0.2) is 54.6 Å². The maximum Gasteiger partial charge on any atom is 0.285 e. The highest BCUT2D eigenvalue weighted by Gasteiger charge is 2.52. The fourth-order valence-corrected chi connectivity index (χ4v) is 3.93. The van der Waals surface area contributed by atoms with Gasteiger partial charge in [0.15, 0.2) is 0 Å². The molecule has 6 nitrogen and oxygen atoms in total. The first-order valence-electron chi connectivity index (χ1n) is 8.80. The van der Waals surface area contributed by atoms with Crippen molar-refractivity contribution in [1.82, 2.24) is 9.78 Å². The molecule has 1 atom stereocenters. The summed E-state index contributed by atoms with van der Waals surface area (Å²) >= 11 is 0. The minimum atomic E-state index is -1.57. The number of rotatable bonds is 2. The van der Waals surface area contributed by atoms with Crippen molar-refractivity contribution in [2.24, 2.45) is 0 Å². The van der Waals surface area contributed by atoms with E-state index in [2.05, 4.69) is 4.57 Å². The predicted molar refractivity (Wildman–Crippen MR) is 94.7 cm³/mol. The summed E-state index contributed by atoms with van der Waals surface area (Å²) in [4.78, 5) is 0. The number of nitrogens with zero attached hydrogens (tertiary/aromatic N) is 3. The van der Waals surface area contributed by atoms with Gasteiger partial charge in [-0.25, -0.2) is 4.57 Å². The third-order valence-electron chi connectivity index (χ3n) is 5.18. The number of aryl methyl sites for hydroxylation is 1. The molecule has 2 aromatic carbocycles. The lowest BCUT2D eigenvalue weighted by Gasteiger charge is -2.32. The minimum absolute atomic E-state index is 0.0583. The lowest BCUT2D eigenvalue weighted by Crippen LogP contribution is -2.53. The van der Waals surface area contributed by atoms with Gasteiger partial charge in [0.2, 0.25) is 5.60 Å². The van der Waals surface area contributed by atoms with Crippen molar-refractivity contribution in [3.8, 4) is 11.4 Å². The normalized spacial score (nSPS) is 21.2. The lowest BCUT2D eigenvalue weighted by atomic mass is 9.85. The molecule has 6 heteroatoms. The maximum atomic E-state index is 11.9. The summed E-state index contributed by atoms with van der Waals surface area (Å²) in [6.07, 6.45) is 1.86. The molecule has 0 fully saturated rings. The highest BCUT2D eigenvalue weighted by molar-refractivity contribution is 5.96. The number of para-hydroxylation sites is 2. The minimum Gasteiger partial charge on any atom is -0.487 e. The summed E-state index contributed by atoms with van der Waals surface area (Å²) in [6.45, 7) is 0.846. The summed E-state index contributed by atoms with van der Waals surface area (Å²) in [5.41, 5.74) is 0.0147. The number of hydrogen-bond donors (Lipinski definition) is 2. The van der Waals surface area contributed by atoms with Crippen LogP contribution in [-0.2, 0) is 18.6 Å². The van der Waals surface area contributed by atoms with E-state index in [-0.39, 0.29) is 12.3 Å². The van der Waals surface area contributed by atoms with Gasteiger partial charge < -0.3 is 15.3 Å². The SMILES string of the molecule is N=C1COc2ccccc2C1(O)c1n(-c2ccccc2)nc2[n+]1CCC2. The molecule has 26 heavy (non-hydrogen) atoms. The molecule has 0 saturated carbocycles. The van der Waals surface area contributed by atoms with Crippen molar-refractivity contribution in [2.75, 3.05) is 6.61 Å². The molecule has 130 valence electrons. The quantitative estimate of drug-likeness (QED) is 0.694. The first kappa shape index (κ1) is 15.3. The summed E-state index contributed by atoms with van der Waals surface area (Å²) < 4.78 is 9.51. The van der Waals surface area contributed by atoms with Gasteiger partial charge in [-0.2, -0.15) is 0 Å².